The molecule has 3 aromatic rings. The monoisotopic (exact) mass is 387 g/mol. The summed E-state index contributed by atoms with van der Waals surface area (Å²) in [5.74, 6) is -1.43. The Morgan fingerprint density at radius 3 is 2.25 bits per heavy atom. The molecule has 0 saturated carbocycles. The SMILES string of the molecule is CC(OC(=O)c1ccc(C(F)(F)F)cc1)C(=O)Nc1cccc2ccccc12. The van der Waals surface area contributed by atoms with Gasteiger partial charge in [-0.15, -0.1) is 0 Å². The average Bonchev–Trinajstić information content (AvgIpc) is 2.67. The molecule has 0 aromatic heterocycles. The molecule has 3 aromatic carbocycles. The van der Waals surface area contributed by atoms with Gasteiger partial charge in [0.15, 0.2) is 6.10 Å². The Hall–Kier alpha value is -3.35. The van der Waals surface area contributed by atoms with Gasteiger partial charge < -0.3 is 10.1 Å². The Labute approximate surface area is 158 Å². The number of anilines is 1. The molecule has 0 aliphatic heterocycles. The zero-order valence-electron chi connectivity index (χ0n) is 14.8. The van der Waals surface area contributed by atoms with Gasteiger partial charge in [0.2, 0.25) is 0 Å². The van der Waals surface area contributed by atoms with Crippen molar-refractivity contribution in [2.75, 3.05) is 5.32 Å². The predicted molar refractivity (Wildman–Crippen MR) is 98.9 cm³/mol. The number of amides is 1. The minimum absolute atomic E-state index is 0.0715. The van der Waals surface area contributed by atoms with Crippen molar-refractivity contribution in [3.05, 3.63) is 77.9 Å². The molecule has 3 rings (SSSR count). The van der Waals surface area contributed by atoms with Crippen molar-refractivity contribution in [1.29, 1.82) is 0 Å². The Balaban J connectivity index is 1.67. The number of rotatable bonds is 4. The number of hydrogen-bond donors (Lipinski definition) is 1. The van der Waals surface area contributed by atoms with Crippen LogP contribution in [-0.4, -0.2) is 18.0 Å². The molecule has 0 saturated heterocycles. The summed E-state index contributed by atoms with van der Waals surface area (Å²) in [5, 5.41) is 4.48. The van der Waals surface area contributed by atoms with E-state index >= 15 is 0 Å². The van der Waals surface area contributed by atoms with Gasteiger partial charge in [0.1, 0.15) is 0 Å². The van der Waals surface area contributed by atoms with Crippen LogP contribution in [-0.2, 0) is 15.7 Å². The molecule has 0 fully saturated rings. The minimum atomic E-state index is -4.49. The van der Waals surface area contributed by atoms with Crippen LogP contribution in [0.15, 0.2) is 66.7 Å². The number of alkyl halides is 3. The van der Waals surface area contributed by atoms with Crippen LogP contribution >= 0.6 is 0 Å². The lowest BCUT2D eigenvalue weighted by molar-refractivity contribution is -0.137. The third kappa shape index (κ3) is 4.31. The number of carbonyl (C=O) groups is 2. The van der Waals surface area contributed by atoms with E-state index in [4.69, 9.17) is 4.74 Å². The minimum Gasteiger partial charge on any atom is -0.449 e. The van der Waals surface area contributed by atoms with E-state index in [-0.39, 0.29) is 5.56 Å². The molecule has 0 aliphatic carbocycles. The highest BCUT2D eigenvalue weighted by molar-refractivity contribution is 6.04. The van der Waals surface area contributed by atoms with Crippen molar-refractivity contribution >= 4 is 28.3 Å². The quantitative estimate of drug-likeness (QED) is 0.638. The number of hydrogen-bond acceptors (Lipinski definition) is 3. The number of carbonyl (C=O) groups excluding carboxylic acids is 2. The van der Waals surface area contributed by atoms with E-state index in [0.717, 1.165) is 35.0 Å². The summed E-state index contributed by atoms with van der Waals surface area (Å²) < 4.78 is 42.8. The van der Waals surface area contributed by atoms with E-state index in [1.165, 1.54) is 6.92 Å². The van der Waals surface area contributed by atoms with Crippen LogP contribution in [0.3, 0.4) is 0 Å². The molecule has 1 atom stereocenters. The summed E-state index contributed by atoms with van der Waals surface area (Å²) >= 11 is 0. The molecule has 0 radical (unpaired) electrons. The predicted octanol–water partition coefficient (Wildman–Crippen LogP) is 5.04. The van der Waals surface area contributed by atoms with Gasteiger partial charge in [-0.3, -0.25) is 4.79 Å². The molecule has 1 amide bonds. The normalized spacial score (nSPS) is 12.4. The zero-order chi connectivity index (χ0) is 20.3. The van der Waals surface area contributed by atoms with Crippen LogP contribution in [0.1, 0.15) is 22.8 Å². The molecule has 0 aliphatic rings. The summed E-state index contributed by atoms with van der Waals surface area (Å²) in [6, 6.07) is 16.5. The van der Waals surface area contributed by atoms with Crippen LogP contribution in [0.2, 0.25) is 0 Å². The molecule has 0 spiro atoms. The zero-order valence-corrected chi connectivity index (χ0v) is 14.8. The summed E-state index contributed by atoms with van der Waals surface area (Å²) in [4.78, 5) is 24.5. The van der Waals surface area contributed by atoms with Gasteiger partial charge in [-0.05, 0) is 42.6 Å². The fourth-order valence-corrected chi connectivity index (χ4v) is 2.65. The molecule has 4 nitrogen and oxygen atoms in total. The highest BCUT2D eigenvalue weighted by atomic mass is 19.4. The number of nitrogens with one attached hydrogen (secondary N) is 1. The van der Waals surface area contributed by atoms with Crippen LogP contribution in [0.5, 0.6) is 0 Å². The number of halogens is 3. The van der Waals surface area contributed by atoms with Crippen molar-refractivity contribution in [2.45, 2.75) is 19.2 Å². The van der Waals surface area contributed by atoms with E-state index in [2.05, 4.69) is 5.32 Å². The summed E-state index contributed by atoms with van der Waals surface area (Å²) in [5.41, 5.74) is -0.371. The lowest BCUT2D eigenvalue weighted by Gasteiger charge is -2.15. The smallest absolute Gasteiger partial charge is 0.416 e. The molecular formula is C21H16F3NO3. The number of esters is 1. The first kappa shape index (κ1) is 19.4. The maximum Gasteiger partial charge on any atom is 0.416 e. The molecule has 7 heteroatoms. The lowest BCUT2D eigenvalue weighted by atomic mass is 10.1. The molecule has 0 heterocycles. The first-order chi connectivity index (χ1) is 13.3. The molecule has 1 N–H and O–H groups in total. The molecule has 28 heavy (non-hydrogen) atoms. The van der Waals surface area contributed by atoms with Gasteiger partial charge in [0, 0.05) is 11.1 Å². The van der Waals surface area contributed by atoms with Crippen molar-refractivity contribution in [3.63, 3.8) is 0 Å². The first-order valence-electron chi connectivity index (χ1n) is 8.42. The number of ether oxygens (including phenoxy) is 1. The van der Waals surface area contributed by atoms with Gasteiger partial charge >= 0.3 is 12.1 Å². The third-order valence-electron chi connectivity index (χ3n) is 4.15. The van der Waals surface area contributed by atoms with E-state index in [1.807, 2.05) is 30.3 Å². The molecule has 144 valence electrons. The Morgan fingerprint density at radius 1 is 0.929 bits per heavy atom. The van der Waals surface area contributed by atoms with Crippen molar-refractivity contribution in [3.8, 4) is 0 Å². The van der Waals surface area contributed by atoms with Crippen LogP contribution < -0.4 is 5.32 Å². The average molecular weight is 387 g/mol. The second-order valence-corrected chi connectivity index (χ2v) is 6.14. The summed E-state index contributed by atoms with van der Waals surface area (Å²) in [7, 11) is 0. The maximum atomic E-state index is 12.6. The van der Waals surface area contributed by atoms with Gasteiger partial charge in [0.25, 0.3) is 5.91 Å². The van der Waals surface area contributed by atoms with Crippen LogP contribution in [0.4, 0.5) is 18.9 Å². The van der Waals surface area contributed by atoms with Gasteiger partial charge in [-0.25, -0.2) is 4.79 Å². The molecular weight excluding hydrogens is 371 g/mol. The van der Waals surface area contributed by atoms with Gasteiger partial charge in [-0.1, -0.05) is 36.4 Å². The first-order valence-corrected chi connectivity index (χ1v) is 8.42. The standard InChI is InChI=1S/C21H16F3NO3/c1-13(28-20(27)15-9-11-16(12-10-15)21(22,23)24)19(26)25-18-8-4-6-14-5-2-3-7-17(14)18/h2-13H,1H3,(H,25,26). The summed E-state index contributed by atoms with van der Waals surface area (Å²) in [6.07, 6.45) is -5.62. The second kappa shape index (κ2) is 7.72. The van der Waals surface area contributed by atoms with Crippen molar-refractivity contribution in [2.24, 2.45) is 0 Å². The Morgan fingerprint density at radius 2 is 1.57 bits per heavy atom. The number of benzene rings is 3. The second-order valence-electron chi connectivity index (χ2n) is 6.14. The third-order valence-corrected chi connectivity index (χ3v) is 4.15. The Kier molecular flexibility index (Phi) is 5.35. The fraction of sp³-hybridized carbons (Fsp3) is 0.143. The highest BCUT2D eigenvalue weighted by Crippen LogP contribution is 2.29. The molecule has 0 bridgehead atoms. The van der Waals surface area contributed by atoms with E-state index in [9.17, 15) is 22.8 Å². The summed E-state index contributed by atoms with van der Waals surface area (Å²) in [6.45, 7) is 1.39. The highest BCUT2D eigenvalue weighted by Gasteiger charge is 2.30. The van der Waals surface area contributed by atoms with Crippen molar-refractivity contribution in [1.82, 2.24) is 0 Å². The number of fused-ring (bicyclic) bond motifs is 1. The molecule has 1 unspecified atom stereocenters. The Bertz CT molecular complexity index is 1010. The van der Waals surface area contributed by atoms with E-state index < -0.39 is 29.7 Å². The van der Waals surface area contributed by atoms with E-state index in [0.29, 0.717) is 5.69 Å². The lowest BCUT2D eigenvalue weighted by Crippen LogP contribution is -2.30. The van der Waals surface area contributed by atoms with E-state index in [1.54, 1.807) is 12.1 Å². The topological polar surface area (TPSA) is 55.4 Å². The van der Waals surface area contributed by atoms with Gasteiger partial charge in [0.05, 0.1) is 11.1 Å². The maximum absolute atomic E-state index is 12.6. The fourth-order valence-electron chi connectivity index (χ4n) is 2.65. The van der Waals surface area contributed by atoms with Crippen molar-refractivity contribution < 1.29 is 27.5 Å². The van der Waals surface area contributed by atoms with Crippen LogP contribution in [0, 0.1) is 0 Å². The van der Waals surface area contributed by atoms with Gasteiger partial charge in [-0.2, -0.15) is 13.2 Å². The largest absolute Gasteiger partial charge is 0.449 e. The van der Waals surface area contributed by atoms with Crippen LogP contribution in [0.25, 0.3) is 10.8 Å².